The van der Waals surface area contributed by atoms with Crippen molar-refractivity contribution in [1.29, 1.82) is 0 Å². The van der Waals surface area contributed by atoms with Crippen LogP contribution in [0.3, 0.4) is 0 Å². The van der Waals surface area contributed by atoms with Gasteiger partial charge in [-0.25, -0.2) is 5.43 Å². The van der Waals surface area contributed by atoms with Crippen LogP contribution in [-0.2, 0) is 11.2 Å². The summed E-state index contributed by atoms with van der Waals surface area (Å²) in [6, 6.07) is 17.7. The quantitative estimate of drug-likeness (QED) is 0.412. The fraction of sp³-hybridized carbons (Fsp3) is 0.100. The van der Waals surface area contributed by atoms with Crippen LogP contribution in [-0.4, -0.2) is 24.2 Å². The Hall–Kier alpha value is -3.74. The Morgan fingerprint density at radius 3 is 2.67 bits per heavy atom. The number of nitro benzene ring substituents is 1. The average Bonchev–Trinajstić information content (AvgIpc) is 2.68. The second kappa shape index (κ2) is 8.09. The highest BCUT2D eigenvalue weighted by Gasteiger charge is 2.15. The Kier molecular flexibility index (Phi) is 5.41. The molecule has 0 saturated heterocycles. The van der Waals surface area contributed by atoms with Crippen LogP contribution in [0.1, 0.15) is 11.1 Å². The van der Waals surface area contributed by atoms with Crippen molar-refractivity contribution in [3.05, 3.63) is 81.9 Å². The molecule has 0 aliphatic rings. The summed E-state index contributed by atoms with van der Waals surface area (Å²) in [5.41, 5.74) is 3.39. The molecule has 0 aliphatic carbocycles. The zero-order chi connectivity index (χ0) is 19.2. The number of carbonyl (C=O) groups is 1. The maximum Gasteiger partial charge on any atom is 0.273 e. The van der Waals surface area contributed by atoms with Gasteiger partial charge in [-0.05, 0) is 16.8 Å². The van der Waals surface area contributed by atoms with Crippen molar-refractivity contribution >= 4 is 28.6 Å². The van der Waals surface area contributed by atoms with Crippen LogP contribution in [0.5, 0.6) is 5.75 Å². The summed E-state index contributed by atoms with van der Waals surface area (Å²) < 4.78 is 5.37. The van der Waals surface area contributed by atoms with Gasteiger partial charge in [0.2, 0.25) is 5.91 Å². The maximum absolute atomic E-state index is 12.1. The fourth-order valence-electron chi connectivity index (χ4n) is 2.81. The van der Waals surface area contributed by atoms with E-state index in [1.807, 2.05) is 36.4 Å². The van der Waals surface area contributed by atoms with E-state index < -0.39 is 10.8 Å². The molecule has 0 unspecified atom stereocenters. The second-order valence-corrected chi connectivity index (χ2v) is 5.76. The number of hydrogen-bond donors (Lipinski definition) is 1. The number of nitrogens with one attached hydrogen (secondary N) is 1. The number of benzene rings is 3. The molecule has 1 N–H and O–H groups in total. The van der Waals surface area contributed by atoms with Gasteiger partial charge in [0, 0.05) is 17.2 Å². The van der Waals surface area contributed by atoms with E-state index in [9.17, 15) is 14.9 Å². The first-order valence-corrected chi connectivity index (χ1v) is 8.20. The van der Waals surface area contributed by atoms with Gasteiger partial charge >= 0.3 is 0 Å². The molecule has 0 bridgehead atoms. The summed E-state index contributed by atoms with van der Waals surface area (Å²) in [5, 5.41) is 17.0. The highest BCUT2D eigenvalue weighted by molar-refractivity contribution is 6.02. The van der Waals surface area contributed by atoms with Crippen LogP contribution >= 0.6 is 0 Å². The Morgan fingerprint density at radius 1 is 1.15 bits per heavy atom. The highest BCUT2D eigenvalue weighted by Crippen LogP contribution is 2.26. The summed E-state index contributed by atoms with van der Waals surface area (Å²) in [4.78, 5) is 22.6. The van der Waals surface area contributed by atoms with Crippen LogP contribution in [0.4, 0.5) is 5.69 Å². The van der Waals surface area contributed by atoms with Gasteiger partial charge in [0.05, 0.1) is 24.7 Å². The third-order valence-electron chi connectivity index (χ3n) is 4.07. The topological polar surface area (TPSA) is 93.8 Å². The monoisotopic (exact) mass is 363 g/mol. The van der Waals surface area contributed by atoms with E-state index in [2.05, 4.69) is 10.5 Å². The molecule has 0 radical (unpaired) electrons. The summed E-state index contributed by atoms with van der Waals surface area (Å²) in [6.07, 6.45) is 1.37. The van der Waals surface area contributed by atoms with Crippen molar-refractivity contribution in [3.63, 3.8) is 0 Å². The van der Waals surface area contributed by atoms with E-state index in [-0.39, 0.29) is 12.1 Å². The second-order valence-electron chi connectivity index (χ2n) is 5.76. The first-order valence-electron chi connectivity index (χ1n) is 8.20. The number of ether oxygens (including phenoxy) is 1. The lowest BCUT2D eigenvalue weighted by molar-refractivity contribution is -0.385. The molecule has 3 rings (SSSR count). The number of nitro groups is 1. The molecule has 0 spiro atoms. The van der Waals surface area contributed by atoms with E-state index >= 15 is 0 Å². The van der Waals surface area contributed by atoms with Gasteiger partial charge in [0.1, 0.15) is 5.75 Å². The van der Waals surface area contributed by atoms with Crippen LogP contribution < -0.4 is 10.2 Å². The number of hydrogen-bond acceptors (Lipinski definition) is 5. The van der Waals surface area contributed by atoms with Crippen molar-refractivity contribution in [1.82, 2.24) is 5.43 Å². The number of fused-ring (bicyclic) bond motifs is 1. The molecule has 7 heteroatoms. The third-order valence-corrected chi connectivity index (χ3v) is 4.07. The Balaban J connectivity index is 1.77. The van der Waals surface area contributed by atoms with Gasteiger partial charge in [-0.2, -0.15) is 5.10 Å². The van der Waals surface area contributed by atoms with Gasteiger partial charge < -0.3 is 4.74 Å². The molecule has 0 atom stereocenters. The van der Waals surface area contributed by atoms with E-state index in [0.717, 1.165) is 16.3 Å². The zero-order valence-electron chi connectivity index (χ0n) is 14.6. The van der Waals surface area contributed by atoms with Gasteiger partial charge in [0.15, 0.2) is 0 Å². The first kappa shape index (κ1) is 18.1. The molecular formula is C20H17N3O4. The Labute approximate surface area is 155 Å². The van der Waals surface area contributed by atoms with Gasteiger partial charge in [-0.3, -0.25) is 14.9 Å². The summed E-state index contributed by atoms with van der Waals surface area (Å²) in [6.45, 7) is 0. The number of rotatable bonds is 6. The normalized spacial score (nSPS) is 10.9. The van der Waals surface area contributed by atoms with Crippen molar-refractivity contribution in [2.75, 3.05) is 7.11 Å². The summed E-state index contributed by atoms with van der Waals surface area (Å²) in [5.74, 6) is 0.185. The lowest BCUT2D eigenvalue weighted by Crippen LogP contribution is -2.20. The van der Waals surface area contributed by atoms with Gasteiger partial charge in [-0.15, -0.1) is 0 Å². The highest BCUT2D eigenvalue weighted by atomic mass is 16.6. The average molecular weight is 363 g/mol. The number of nitrogens with zero attached hydrogens (tertiary/aromatic N) is 2. The molecule has 1 amide bonds. The van der Waals surface area contributed by atoms with E-state index in [4.69, 9.17) is 4.74 Å². The largest absolute Gasteiger partial charge is 0.496 e. The Morgan fingerprint density at radius 2 is 1.89 bits per heavy atom. The van der Waals surface area contributed by atoms with Crippen molar-refractivity contribution in [2.24, 2.45) is 5.10 Å². The molecule has 0 aromatic heterocycles. The van der Waals surface area contributed by atoms with E-state index in [1.165, 1.54) is 12.3 Å². The fourth-order valence-corrected chi connectivity index (χ4v) is 2.81. The Bertz CT molecular complexity index is 1030. The molecule has 0 saturated carbocycles. The van der Waals surface area contributed by atoms with Gasteiger partial charge in [0.25, 0.3) is 5.69 Å². The molecule has 3 aromatic rings. The number of amides is 1. The lowest BCUT2D eigenvalue weighted by Gasteiger charge is -2.08. The minimum Gasteiger partial charge on any atom is -0.496 e. The molecule has 0 aliphatic heterocycles. The summed E-state index contributed by atoms with van der Waals surface area (Å²) >= 11 is 0. The van der Waals surface area contributed by atoms with Crippen LogP contribution in [0, 0.1) is 10.1 Å². The van der Waals surface area contributed by atoms with Crippen LogP contribution in [0.2, 0.25) is 0 Å². The molecule has 136 valence electrons. The van der Waals surface area contributed by atoms with Gasteiger partial charge in [-0.1, -0.05) is 48.5 Å². The standard InChI is InChI=1S/C20H17N3O4/c1-27-19-11-10-14-6-2-4-8-16(14)17(19)13-21-22-20(24)12-15-7-3-5-9-18(15)23(25)26/h2-11,13H,12H2,1H3,(H,22,24)/b21-13-. The molecule has 7 nitrogen and oxygen atoms in total. The van der Waals surface area contributed by atoms with Crippen molar-refractivity contribution < 1.29 is 14.5 Å². The molecule has 0 heterocycles. The molecule has 27 heavy (non-hydrogen) atoms. The molecular weight excluding hydrogens is 346 g/mol. The number of para-hydroxylation sites is 1. The first-order chi connectivity index (χ1) is 13.1. The predicted octanol–water partition coefficient (Wildman–Crippen LogP) is 3.45. The van der Waals surface area contributed by atoms with Crippen LogP contribution in [0.15, 0.2) is 65.8 Å². The minimum atomic E-state index is -0.507. The third kappa shape index (κ3) is 4.09. The number of carbonyl (C=O) groups excluding carboxylic acids is 1. The minimum absolute atomic E-state index is 0.0904. The number of hydrazone groups is 1. The maximum atomic E-state index is 12.1. The zero-order valence-corrected chi connectivity index (χ0v) is 14.6. The number of methoxy groups -OCH3 is 1. The van der Waals surface area contributed by atoms with E-state index in [0.29, 0.717) is 11.3 Å². The lowest BCUT2D eigenvalue weighted by atomic mass is 10.0. The SMILES string of the molecule is COc1ccc2ccccc2c1/C=N\NC(=O)Cc1ccccc1[N+](=O)[O-]. The predicted molar refractivity (Wildman–Crippen MR) is 103 cm³/mol. The molecule has 3 aromatic carbocycles. The van der Waals surface area contributed by atoms with Crippen LogP contribution in [0.25, 0.3) is 10.8 Å². The van der Waals surface area contributed by atoms with E-state index in [1.54, 1.807) is 25.3 Å². The molecule has 0 fully saturated rings. The smallest absolute Gasteiger partial charge is 0.273 e. The van der Waals surface area contributed by atoms with Crippen molar-refractivity contribution in [2.45, 2.75) is 6.42 Å². The van der Waals surface area contributed by atoms with Crippen molar-refractivity contribution in [3.8, 4) is 5.75 Å². The summed E-state index contributed by atoms with van der Waals surface area (Å²) in [7, 11) is 1.56.